The van der Waals surface area contributed by atoms with Crippen molar-refractivity contribution in [3.05, 3.63) is 11.9 Å². The number of carbonyl (C=O) groups excluding carboxylic acids is 1. The molecule has 1 amide bonds. The van der Waals surface area contributed by atoms with Gasteiger partial charge in [0.1, 0.15) is 5.69 Å². The van der Waals surface area contributed by atoms with Crippen molar-refractivity contribution in [3.63, 3.8) is 0 Å². The van der Waals surface area contributed by atoms with Crippen molar-refractivity contribution in [2.75, 3.05) is 6.54 Å². The number of aliphatic hydroxyl groups excluding tert-OH is 1. The lowest BCUT2D eigenvalue weighted by Crippen LogP contribution is -2.29. The first kappa shape index (κ1) is 14.0. The molecule has 0 radical (unpaired) electrons. The minimum absolute atomic E-state index is 0.00559. The summed E-state index contributed by atoms with van der Waals surface area (Å²) in [5, 5.41) is 20.8. The maximum absolute atomic E-state index is 11.1. The molecule has 1 aliphatic carbocycles. The first-order valence-corrected chi connectivity index (χ1v) is 6.76. The van der Waals surface area contributed by atoms with Crippen molar-refractivity contribution < 1.29 is 9.90 Å². The molecule has 1 heterocycles. The molecule has 7 heteroatoms. The smallest absolute Gasteiger partial charge is 0.234 e. The average Bonchev–Trinajstić information content (AvgIpc) is 2.78. The average molecular weight is 267 g/mol. The molecule has 7 nitrogen and oxygen atoms in total. The Hall–Kier alpha value is -1.47. The Labute approximate surface area is 112 Å². The molecule has 0 bridgehead atoms. The van der Waals surface area contributed by atoms with E-state index in [1.165, 1.54) is 0 Å². The van der Waals surface area contributed by atoms with Crippen molar-refractivity contribution in [1.29, 1.82) is 0 Å². The summed E-state index contributed by atoms with van der Waals surface area (Å²) < 4.78 is 1.72. The number of aliphatic hydroxyl groups is 1. The van der Waals surface area contributed by atoms with Crippen LogP contribution in [0.4, 0.5) is 0 Å². The molecule has 1 aliphatic rings. The van der Waals surface area contributed by atoms with E-state index in [0.29, 0.717) is 12.2 Å². The normalized spacial score (nSPS) is 23.9. The number of hydrogen-bond donors (Lipinski definition) is 3. The summed E-state index contributed by atoms with van der Waals surface area (Å²) in [6.07, 6.45) is 6.46. The van der Waals surface area contributed by atoms with Gasteiger partial charge < -0.3 is 16.2 Å². The van der Waals surface area contributed by atoms with Crippen molar-refractivity contribution in [1.82, 2.24) is 20.3 Å². The molecule has 106 valence electrons. The zero-order chi connectivity index (χ0) is 13.7. The molecular weight excluding hydrogens is 246 g/mol. The van der Waals surface area contributed by atoms with Crippen LogP contribution in [0.2, 0.25) is 0 Å². The summed E-state index contributed by atoms with van der Waals surface area (Å²) in [7, 11) is 0. The number of amides is 1. The first-order chi connectivity index (χ1) is 9.20. The van der Waals surface area contributed by atoms with E-state index in [0.717, 1.165) is 32.1 Å². The third kappa shape index (κ3) is 3.74. The molecule has 2 rings (SSSR count). The third-order valence-corrected chi connectivity index (χ3v) is 3.49. The molecule has 1 aromatic heterocycles. The predicted molar refractivity (Wildman–Crippen MR) is 69.1 cm³/mol. The second-order valence-electron chi connectivity index (χ2n) is 4.94. The number of nitrogens with two attached hydrogens (primary N) is 1. The Balaban J connectivity index is 1.97. The van der Waals surface area contributed by atoms with Crippen LogP contribution in [0.1, 0.15) is 43.8 Å². The maximum Gasteiger partial charge on any atom is 0.234 e. The molecular formula is C12H21N5O2. The molecule has 2 unspecified atom stereocenters. The van der Waals surface area contributed by atoms with Crippen LogP contribution in [0.3, 0.4) is 0 Å². The second kappa shape index (κ2) is 6.63. The van der Waals surface area contributed by atoms with Crippen LogP contribution in [0.5, 0.6) is 0 Å². The lowest BCUT2D eigenvalue weighted by molar-refractivity contribution is -0.119. The van der Waals surface area contributed by atoms with Gasteiger partial charge in [-0.3, -0.25) is 4.79 Å². The summed E-state index contributed by atoms with van der Waals surface area (Å²) in [6, 6.07) is -0.00559. The Kier molecular flexibility index (Phi) is 4.86. The highest BCUT2D eigenvalue weighted by Gasteiger charge is 2.24. The third-order valence-electron chi connectivity index (χ3n) is 3.49. The van der Waals surface area contributed by atoms with Gasteiger partial charge >= 0.3 is 0 Å². The molecule has 0 aromatic carbocycles. The van der Waals surface area contributed by atoms with Crippen molar-refractivity contribution in [2.45, 2.75) is 50.8 Å². The number of nitrogens with one attached hydrogen (secondary N) is 1. The summed E-state index contributed by atoms with van der Waals surface area (Å²) in [6.45, 7) is 0.286. The van der Waals surface area contributed by atoms with Gasteiger partial charge in [-0.05, 0) is 12.8 Å². The lowest BCUT2D eigenvalue weighted by Gasteiger charge is -2.19. The summed E-state index contributed by atoms with van der Waals surface area (Å²) in [5.41, 5.74) is 5.89. The monoisotopic (exact) mass is 267 g/mol. The fraction of sp³-hybridized carbons (Fsp3) is 0.750. The van der Waals surface area contributed by atoms with Gasteiger partial charge in [0.25, 0.3) is 0 Å². The number of rotatable bonds is 4. The van der Waals surface area contributed by atoms with Crippen LogP contribution in [0.25, 0.3) is 0 Å². The maximum atomic E-state index is 11.1. The molecule has 1 saturated carbocycles. The predicted octanol–water partition coefficient (Wildman–Crippen LogP) is -0.281. The molecule has 0 aliphatic heterocycles. The molecule has 19 heavy (non-hydrogen) atoms. The van der Waals surface area contributed by atoms with Gasteiger partial charge in [-0.2, -0.15) is 0 Å². The van der Waals surface area contributed by atoms with Gasteiger partial charge in [0.05, 0.1) is 31.4 Å². The van der Waals surface area contributed by atoms with Crippen molar-refractivity contribution in [2.24, 2.45) is 5.73 Å². The van der Waals surface area contributed by atoms with Gasteiger partial charge in [0.2, 0.25) is 5.91 Å². The van der Waals surface area contributed by atoms with Gasteiger partial charge in [-0.15, -0.1) is 5.10 Å². The van der Waals surface area contributed by atoms with Gasteiger partial charge in [-0.25, -0.2) is 4.68 Å². The summed E-state index contributed by atoms with van der Waals surface area (Å²) >= 11 is 0. The van der Waals surface area contributed by atoms with Crippen molar-refractivity contribution in [3.8, 4) is 0 Å². The van der Waals surface area contributed by atoms with Crippen LogP contribution in [0, 0.1) is 0 Å². The Morgan fingerprint density at radius 3 is 3.05 bits per heavy atom. The largest absolute Gasteiger partial charge is 0.391 e. The standard InChI is InChI=1S/C12H21N5O2/c13-6-12(19)14-7-9-8-17(16-15-9)10-4-2-1-3-5-11(10)18/h8,10-11,18H,1-7,13H2,(H,14,19). The minimum Gasteiger partial charge on any atom is -0.391 e. The highest BCUT2D eigenvalue weighted by atomic mass is 16.3. The van der Waals surface area contributed by atoms with E-state index in [1.54, 1.807) is 10.9 Å². The SMILES string of the molecule is NCC(=O)NCc1cn(C2CCCCCC2O)nn1. The highest BCUT2D eigenvalue weighted by molar-refractivity contribution is 5.77. The van der Waals surface area contributed by atoms with E-state index in [-0.39, 0.29) is 24.6 Å². The number of hydrogen-bond acceptors (Lipinski definition) is 5. The number of nitrogens with zero attached hydrogens (tertiary/aromatic N) is 3. The lowest BCUT2D eigenvalue weighted by atomic mass is 10.1. The topological polar surface area (TPSA) is 106 Å². The van der Waals surface area contributed by atoms with E-state index < -0.39 is 0 Å². The van der Waals surface area contributed by atoms with Gasteiger partial charge in [-0.1, -0.05) is 24.5 Å². The first-order valence-electron chi connectivity index (χ1n) is 6.76. The van der Waals surface area contributed by atoms with Crippen molar-refractivity contribution >= 4 is 5.91 Å². The molecule has 4 N–H and O–H groups in total. The highest BCUT2D eigenvalue weighted by Crippen LogP contribution is 2.26. The van der Waals surface area contributed by atoms with E-state index in [1.807, 2.05) is 0 Å². The summed E-state index contributed by atoms with van der Waals surface area (Å²) in [4.78, 5) is 11.1. The number of carbonyl (C=O) groups is 1. The van der Waals surface area contributed by atoms with E-state index in [2.05, 4.69) is 15.6 Å². The fourth-order valence-electron chi connectivity index (χ4n) is 2.39. The zero-order valence-electron chi connectivity index (χ0n) is 11.0. The molecule has 1 aromatic rings. The van der Waals surface area contributed by atoms with Crippen LogP contribution in [-0.2, 0) is 11.3 Å². The Morgan fingerprint density at radius 2 is 2.26 bits per heavy atom. The Morgan fingerprint density at radius 1 is 1.47 bits per heavy atom. The van der Waals surface area contributed by atoms with Crippen LogP contribution in [-0.4, -0.2) is 38.7 Å². The Bertz CT molecular complexity index is 420. The van der Waals surface area contributed by atoms with Gasteiger partial charge in [0, 0.05) is 0 Å². The van der Waals surface area contributed by atoms with Crippen LogP contribution >= 0.6 is 0 Å². The summed E-state index contributed by atoms with van der Waals surface area (Å²) in [5.74, 6) is -0.218. The minimum atomic E-state index is -0.365. The second-order valence-corrected chi connectivity index (χ2v) is 4.94. The zero-order valence-corrected chi connectivity index (χ0v) is 11.0. The van der Waals surface area contributed by atoms with E-state index in [4.69, 9.17) is 5.73 Å². The molecule has 2 atom stereocenters. The quantitative estimate of drug-likeness (QED) is 0.650. The number of aromatic nitrogens is 3. The molecule has 0 saturated heterocycles. The van der Waals surface area contributed by atoms with Gasteiger partial charge in [0.15, 0.2) is 0 Å². The van der Waals surface area contributed by atoms with Crippen LogP contribution in [0.15, 0.2) is 6.20 Å². The van der Waals surface area contributed by atoms with E-state index in [9.17, 15) is 9.90 Å². The fourth-order valence-corrected chi connectivity index (χ4v) is 2.39. The molecule has 1 fully saturated rings. The molecule has 0 spiro atoms. The van der Waals surface area contributed by atoms with Crippen LogP contribution < -0.4 is 11.1 Å². The van der Waals surface area contributed by atoms with E-state index >= 15 is 0 Å².